The van der Waals surface area contributed by atoms with E-state index in [-0.39, 0.29) is 16.3 Å². The van der Waals surface area contributed by atoms with Crippen LogP contribution >= 0.6 is 0 Å². The zero-order valence-electron chi connectivity index (χ0n) is 15.9. The largest absolute Gasteiger partial charge is 0.468 e. The standard InChI is InChI=1S/C19H28N2O5S/c1-25-14-18(9-11-20-12-10-18)13-21-27(23,24)16-5-3-15(4-6-16)19(7-8-19)17(22)26-2/h3-6,20-21H,7-14H2,1-2H3. The fourth-order valence-electron chi connectivity index (χ4n) is 3.85. The Labute approximate surface area is 160 Å². The third-order valence-electron chi connectivity index (χ3n) is 5.80. The maximum atomic E-state index is 12.7. The van der Waals surface area contributed by atoms with Crippen LogP contribution < -0.4 is 10.0 Å². The molecule has 1 saturated carbocycles. The number of hydrogen-bond acceptors (Lipinski definition) is 6. The van der Waals surface area contributed by atoms with Crippen molar-refractivity contribution >= 4 is 16.0 Å². The molecule has 0 spiro atoms. The van der Waals surface area contributed by atoms with Gasteiger partial charge in [-0.15, -0.1) is 0 Å². The number of methoxy groups -OCH3 is 2. The molecule has 1 aliphatic carbocycles. The molecule has 150 valence electrons. The molecule has 2 aliphatic rings. The third-order valence-corrected chi connectivity index (χ3v) is 7.21. The smallest absolute Gasteiger partial charge is 0.316 e. The predicted octanol–water partition coefficient (Wildman–Crippen LogP) is 1.19. The molecule has 1 saturated heterocycles. The van der Waals surface area contributed by atoms with Gasteiger partial charge in [0.15, 0.2) is 0 Å². The van der Waals surface area contributed by atoms with Gasteiger partial charge in [0, 0.05) is 19.1 Å². The molecule has 1 heterocycles. The summed E-state index contributed by atoms with van der Waals surface area (Å²) in [4.78, 5) is 12.2. The predicted molar refractivity (Wildman–Crippen MR) is 101 cm³/mol. The van der Waals surface area contributed by atoms with Crippen LogP contribution in [-0.2, 0) is 29.7 Å². The molecule has 7 nitrogen and oxygen atoms in total. The van der Waals surface area contributed by atoms with Crippen LogP contribution in [0.15, 0.2) is 29.2 Å². The first-order valence-electron chi connectivity index (χ1n) is 9.26. The lowest BCUT2D eigenvalue weighted by Crippen LogP contribution is -2.47. The van der Waals surface area contributed by atoms with Gasteiger partial charge in [-0.1, -0.05) is 12.1 Å². The molecule has 0 aromatic heterocycles. The van der Waals surface area contributed by atoms with Crippen LogP contribution in [0.1, 0.15) is 31.2 Å². The average molecular weight is 397 g/mol. The van der Waals surface area contributed by atoms with E-state index in [1.54, 1.807) is 31.4 Å². The number of benzene rings is 1. The van der Waals surface area contributed by atoms with Crippen molar-refractivity contribution in [2.45, 2.75) is 36.0 Å². The first-order chi connectivity index (χ1) is 12.9. The highest BCUT2D eigenvalue weighted by atomic mass is 32.2. The number of nitrogens with one attached hydrogen (secondary N) is 2. The Kier molecular flexibility index (Phi) is 5.90. The molecule has 8 heteroatoms. The normalized spacial score (nSPS) is 20.8. The lowest BCUT2D eigenvalue weighted by atomic mass is 9.80. The molecule has 2 fully saturated rings. The number of piperidine rings is 1. The van der Waals surface area contributed by atoms with E-state index in [1.807, 2.05) is 0 Å². The number of ether oxygens (including phenoxy) is 2. The van der Waals surface area contributed by atoms with Gasteiger partial charge in [-0.3, -0.25) is 4.79 Å². The van der Waals surface area contributed by atoms with Crippen LogP contribution in [0.4, 0.5) is 0 Å². The summed E-state index contributed by atoms with van der Waals surface area (Å²) in [5.74, 6) is -0.261. The molecular weight excluding hydrogens is 368 g/mol. The highest BCUT2D eigenvalue weighted by molar-refractivity contribution is 7.89. The molecule has 1 aromatic carbocycles. The zero-order chi connectivity index (χ0) is 19.5. The Morgan fingerprint density at radius 2 is 1.74 bits per heavy atom. The van der Waals surface area contributed by atoms with Crippen LogP contribution in [0.25, 0.3) is 0 Å². The van der Waals surface area contributed by atoms with Crippen LogP contribution in [0.2, 0.25) is 0 Å². The maximum absolute atomic E-state index is 12.7. The van der Waals surface area contributed by atoms with E-state index >= 15 is 0 Å². The zero-order valence-corrected chi connectivity index (χ0v) is 16.7. The van der Waals surface area contributed by atoms with Crippen LogP contribution in [0.5, 0.6) is 0 Å². The van der Waals surface area contributed by atoms with E-state index in [4.69, 9.17) is 9.47 Å². The van der Waals surface area contributed by atoms with Gasteiger partial charge >= 0.3 is 5.97 Å². The summed E-state index contributed by atoms with van der Waals surface area (Å²) < 4.78 is 38.4. The fourth-order valence-corrected chi connectivity index (χ4v) is 5.01. The van der Waals surface area contributed by atoms with E-state index in [0.717, 1.165) is 44.3 Å². The summed E-state index contributed by atoms with van der Waals surface area (Å²) in [7, 11) is -0.604. The number of rotatable bonds is 8. The van der Waals surface area contributed by atoms with Crippen molar-refractivity contribution in [2.75, 3.05) is 40.5 Å². The lowest BCUT2D eigenvalue weighted by molar-refractivity contribution is -0.143. The molecule has 2 N–H and O–H groups in total. The van der Waals surface area contributed by atoms with Crippen molar-refractivity contribution in [1.82, 2.24) is 10.0 Å². The molecule has 1 aliphatic heterocycles. The lowest BCUT2D eigenvalue weighted by Gasteiger charge is -2.37. The van der Waals surface area contributed by atoms with Crippen molar-refractivity contribution in [3.05, 3.63) is 29.8 Å². The topological polar surface area (TPSA) is 93.7 Å². The summed E-state index contributed by atoms with van der Waals surface area (Å²) in [5, 5.41) is 3.30. The van der Waals surface area contributed by atoms with E-state index in [0.29, 0.717) is 13.2 Å². The number of hydrogen-bond donors (Lipinski definition) is 2. The quantitative estimate of drug-likeness (QED) is 0.641. The molecule has 0 radical (unpaired) electrons. The average Bonchev–Trinajstić information content (AvgIpc) is 3.49. The van der Waals surface area contributed by atoms with Gasteiger partial charge in [-0.2, -0.15) is 0 Å². The summed E-state index contributed by atoms with van der Waals surface area (Å²) in [6.45, 7) is 2.58. The van der Waals surface area contributed by atoms with Crippen LogP contribution in [0, 0.1) is 5.41 Å². The second kappa shape index (κ2) is 7.87. The highest BCUT2D eigenvalue weighted by Gasteiger charge is 2.52. The maximum Gasteiger partial charge on any atom is 0.316 e. The Hall–Kier alpha value is -1.48. The van der Waals surface area contributed by atoms with Gasteiger partial charge in [0.25, 0.3) is 0 Å². The molecule has 0 amide bonds. The first-order valence-corrected chi connectivity index (χ1v) is 10.7. The summed E-state index contributed by atoms with van der Waals surface area (Å²) in [6.07, 6.45) is 3.20. The monoisotopic (exact) mass is 396 g/mol. The summed E-state index contributed by atoms with van der Waals surface area (Å²) >= 11 is 0. The van der Waals surface area contributed by atoms with E-state index in [9.17, 15) is 13.2 Å². The molecule has 3 rings (SSSR count). The highest BCUT2D eigenvalue weighted by Crippen LogP contribution is 2.49. The van der Waals surface area contributed by atoms with Gasteiger partial charge in [-0.25, -0.2) is 13.1 Å². The second-order valence-electron chi connectivity index (χ2n) is 7.61. The van der Waals surface area contributed by atoms with Crippen molar-refractivity contribution < 1.29 is 22.7 Å². The Morgan fingerprint density at radius 3 is 2.26 bits per heavy atom. The van der Waals surface area contributed by atoms with E-state index < -0.39 is 15.4 Å². The minimum atomic E-state index is -3.63. The molecule has 27 heavy (non-hydrogen) atoms. The Morgan fingerprint density at radius 1 is 1.11 bits per heavy atom. The Bertz CT molecular complexity index is 760. The van der Waals surface area contributed by atoms with Crippen molar-refractivity contribution in [3.63, 3.8) is 0 Å². The molecular formula is C19H28N2O5S. The minimum absolute atomic E-state index is 0.185. The van der Waals surface area contributed by atoms with Gasteiger partial charge < -0.3 is 14.8 Å². The van der Waals surface area contributed by atoms with E-state index in [2.05, 4.69) is 10.0 Å². The fraction of sp³-hybridized carbons (Fsp3) is 0.632. The first kappa shape index (κ1) is 20.3. The summed E-state index contributed by atoms with van der Waals surface area (Å²) in [5.41, 5.74) is 0.0282. The van der Waals surface area contributed by atoms with E-state index in [1.165, 1.54) is 7.11 Å². The Balaban J connectivity index is 1.70. The number of esters is 1. The second-order valence-corrected chi connectivity index (χ2v) is 9.37. The molecule has 0 bridgehead atoms. The number of carbonyl (C=O) groups excluding carboxylic acids is 1. The van der Waals surface area contributed by atoms with Gasteiger partial charge in [0.2, 0.25) is 10.0 Å². The SMILES string of the molecule is COCC1(CNS(=O)(=O)c2ccc(C3(C(=O)OC)CC3)cc2)CCNCC1. The van der Waals surface area contributed by atoms with Crippen molar-refractivity contribution in [1.29, 1.82) is 0 Å². The van der Waals surface area contributed by atoms with Crippen LogP contribution in [-0.4, -0.2) is 54.8 Å². The number of carbonyl (C=O) groups is 1. The van der Waals surface area contributed by atoms with Gasteiger partial charge in [0.1, 0.15) is 0 Å². The van der Waals surface area contributed by atoms with Gasteiger partial charge in [-0.05, 0) is 56.5 Å². The molecule has 0 unspecified atom stereocenters. The third kappa shape index (κ3) is 4.18. The van der Waals surface area contributed by atoms with Crippen molar-refractivity contribution in [3.8, 4) is 0 Å². The van der Waals surface area contributed by atoms with Crippen LogP contribution in [0.3, 0.4) is 0 Å². The molecule has 1 aromatic rings. The van der Waals surface area contributed by atoms with Gasteiger partial charge in [0.05, 0.1) is 24.0 Å². The van der Waals surface area contributed by atoms with Crippen molar-refractivity contribution in [2.24, 2.45) is 5.41 Å². The summed E-state index contributed by atoms with van der Waals surface area (Å²) in [6, 6.07) is 6.56. The molecule has 0 atom stereocenters. The number of sulfonamides is 1. The minimum Gasteiger partial charge on any atom is -0.468 e.